The average molecular weight is 321 g/mol. The van der Waals surface area contributed by atoms with Crippen LogP contribution in [0.3, 0.4) is 0 Å². The third-order valence-electron chi connectivity index (χ3n) is 4.95. The highest BCUT2D eigenvalue weighted by Gasteiger charge is 2.21. The Morgan fingerprint density at radius 3 is 2.88 bits per heavy atom. The third-order valence-corrected chi connectivity index (χ3v) is 4.95. The molecule has 1 heterocycles. The van der Waals surface area contributed by atoms with E-state index in [2.05, 4.69) is 53.8 Å². The Bertz CT molecular complexity index is 721. The Kier molecular flexibility index (Phi) is 4.89. The second kappa shape index (κ2) is 7.08. The lowest BCUT2D eigenvalue weighted by Crippen LogP contribution is -2.18. The highest BCUT2D eigenvalue weighted by Crippen LogP contribution is 2.33. The minimum atomic E-state index is 0.856. The van der Waals surface area contributed by atoms with Crippen molar-refractivity contribution in [1.29, 1.82) is 0 Å². The zero-order valence-corrected chi connectivity index (χ0v) is 15.0. The summed E-state index contributed by atoms with van der Waals surface area (Å²) in [6.45, 7) is 8.00. The van der Waals surface area contributed by atoms with Gasteiger partial charge in [-0.1, -0.05) is 43.5 Å². The van der Waals surface area contributed by atoms with Crippen LogP contribution >= 0.6 is 0 Å². The fourth-order valence-corrected chi connectivity index (χ4v) is 3.46. The average Bonchev–Trinajstić information content (AvgIpc) is 2.86. The maximum atomic E-state index is 4.38. The lowest BCUT2D eigenvalue weighted by molar-refractivity contribution is 0.314. The van der Waals surface area contributed by atoms with Gasteiger partial charge in [0.25, 0.3) is 0 Å². The number of allylic oxidation sites excluding steroid dienone is 2. The first-order valence-electron chi connectivity index (χ1n) is 8.76. The summed E-state index contributed by atoms with van der Waals surface area (Å²) < 4.78 is 0. The van der Waals surface area contributed by atoms with Gasteiger partial charge in [-0.15, -0.1) is 0 Å². The van der Waals surface area contributed by atoms with Crippen molar-refractivity contribution in [3.63, 3.8) is 0 Å². The number of nitrogens with zero attached hydrogens (tertiary/aromatic N) is 2. The van der Waals surface area contributed by atoms with Crippen LogP contribution in [0.2, 0.25) is 0 Å². The fourth-order valence-electron chi connectivity index (χ4n) is 3.46. The van der Waals surface area contributed by atoms with E-state index in [9.17, 15) is 0 Å². The van der Waals surface area contributed by atoms with Crippen LogP contribution in [0.25, 0.3) is 0 Å². The van der Waals surface area contributed by atoms with Gasteiger partial charge in [-0.25, -0.2) is 0 Å². The van der Waals surface area contributed by atoms with Gasteiger partial charge in [0.05, 0.1) is 11.4 Å². The Balaban J connectivity index is 1.88. The van der Waals surface area contributed by atoms with E-state index < -0.39 is 0 Å². The number of rotatable bonds is 5. The predicted molar refractivity (Wildman–Crippen MR) is 103 cm³/mol. The van der Waals surface area contributed by atoms with Crippen LogP contribution in [0.4, 0.5) is 5.69 Å². The number of anilines is 1. The standard InChI is InChI=1S/C21H27N3/c1-5-22-20-11-12-24(4)21(20)16(3)23-19-10-9-15(2)13-18(19)14-17-7-6-8-17/h5,9-13,17,23H,1,6-8,14H2,2-4H3/b21-16-,22-20-. The zero-order valence-electron chi connectivity index (χ0n) is 15.0. The molecule has 3 rings (SSSR count). The maximum absolute atomic E-state index is 4.38. The van der Waals surface area contributed by atoms with Crippen LogP contribution < -0.4 is 5.32 Å². The molecule has 0 atom stereocenters. The number of hydrogen-bond acceptors (Lipinski definition) is 3. The second-order valence-electron chi connectivity index (χ2n) is 6.88. The number of nitrogens with one attached hydrogen (secondary N) is 1. The van der Waals surface area contributed by atoms with Gasteiger partial charge in [-0.2, -0.15) is 0 Å². The van der Waals surface area contributed by atoms with Crippen LogP contribution in [0, 0.1) is 12.8 Å². The fraction of sp³-hybridized carbons (Fsp3) is 0.381. The molecule has 0 amide bonds. The van der Waals surface area contributed by atoms with Gasteiger partial charge in [0.1, 0.15) is 0 Å². The summed E-state index contributed by atoms with van der Waals surface area (Å²) in [5.41, 5.74) is 7.14. The van der Waals surface area contributed by atoms with Crippen LogP contribution in [0.15, 0.2) is 59.6 Å². The molecule has 126 valence electrons. The van der Waals surface area contributed by atoms with Crippen molar-refractivity contribution in [2.75, 3.05) is 12.4 Å². The van der Waals surface area contributed by atoms with Gasteiger partial charge in [0, 0.05) is 30.8 Å². The van der Waals surface area contributed by atoms with E-state index >= 15 is 0 Å². The first-order chi connectivity index (χ1) is 11.6. The van der Waals surface area contributed by atoms with Crippen molar-refractivity contribution in [1.82, 2.24) is 4.90 Å². The maximum Gasteiger partial charge on any atom is 0.0898 e. The van der Waals surface area contributed by atoms with Crippen molar-refractivity contribution in [2.24, 2.45) is 10.9 Å². The summed E-state index contributed by atoms with van der Waals surface area (Å²) in [7, 11) is 2.05. The second-order valence-corrected chi connectivity index (χ2v) is 6.88. The molecule has 3 heteroatoms. The van der Waals surface area contributed by atoms with Crippen LogP contribution in [0.1, 0.15) is 37.3 Å². The van der Waals surface area contributed by atoms with Crippen molar-refractivity contribution in [3.05, 3.63) is 65.8 Å². The van der Waals surface area contributed by atoms with Gasteiger partial charge < -0.3 is 10.2 Å². The van der Waals surface area contributed by atoms with Gasteiger partial charge >= 0.3 is 0 Å². The Hall–Kier alpha value is -2.29. The van der Waals surface area contributed by atoms with Crippen LogP contribution in [-0.4, -0.2) is 17.7 Å². The molecule has 1 aliphatic heterocycles. The third kappa shape index (κ3) is 3.45. The molecule has 1 N–H and O–H groups in total. The first kappa shape index (κ1) is 16.6. The summed E-state index contributed by atoms with van der Waals surface area (Å²) in [6.07, 6.45) is 11.0. The summed E-state index contributed by atoms with van der Waals surface area (Å²) in [5.74, 6) is 0.856. The molecule has 1 aromatic rings. The minimum Gasteiger partial charge on any atom is -0.357 e. The molecular weight excluding hydrogens is 294 g/mol. The van der Waals surface area contributed by atoms with E-state index in [1.807, 2.05) is 19.3 Å². The predicted octanol–water partition coefficient (Wildman–Crippen LogP) is 5.02. The lowest BCUT2D eigenvalue weighted by Gasteiger charge is -2.27. The highest BCUT2D eigenvalue weighted by molar-refractivity contribution is 6.11. The van der Waals surface area contributed by atoms with Crippen LogP contribution in [0.5, 0.6) is 0 Å². The SMILES string of the molecule is C=C/N=C1/C=CN(C)/C1=C(/C)Nc1ccc(C)cc1CC1CCC1. The van der Waals surface area contributed by atoms with E-state index in [4.69, 9.17) is 0 Å². The molecule has 1 fully saturated rings. The Morgan fingerprint density at radius 2 is 2.21 bits per heavy atom. The van der Waals surface area contributed by atoms with Gasteiger partial charge in [0.15, 0.2) is 0 Å². The van der Waals surface area contributed by atoms with Crippen molar-refractivity contribution < 1.29 is 0 Å². The number of hydrogen-bond donors (Lipinski definition) is 1. The number of benzene rings is 1. The van der Waals surface area contributed by atoms with E-state index in [0.717, 1.165) is 23.0 Å². The molecule has 0 saturated heterocycles. The van der Waals surface area contributed by atoms with Crippen molar-refractivity contribution in [3.8, 4) is 0 Å². The van der Waals surface area contributed by atoms with Crippen molar-refractivity contribution in [2.45, 2.75) is 39.5 Å². The molecular formula is C21H27N3. The minimum absolute atomic E-state index is 0.856. The van der Waals surface area contributed by atoms with Gasteiger partial charge in [-0.3, -0.25) is 4.99 Å². The smallest absolute Gasteiger partial charge is 0.0898 e. The van der Waals surface area contributed by atoms with Gasteiger partial charge in [-0.05, 0) is 43.9 Å². The first-order valence-corrected chi connectivity index (χ1v) is 8.76. The molecule has 0 spiro atoms. The largest absolute Gasteiger partial charge is 0.357 e. The highest BCUT2D eigenvalue weighted by atomic mass is 15.1. The Morgan fingerprint density at radius 1 is 1.42 bits per heavy atom. The molecule has 0 radical (unpaired) electrons. The lowest BCUT2D eigenvalue weighted by atomic mass is 9.80. The van der Waals surface area contributed by atoms with Crippen LogP contribution in [-0.2, 0) is 6.42 Å². The molecule has 3 nitrogen and oxygen atoms in total. The van der Waals surface area contributed by atoms with Crippen molar-refractivity contribution >= 4 is 11.4 Å². The molecule has 1 saturated carbocycles. The molecule has 24 heavy (non-hydrogen) atoms. The summed E-state index contributed by atoms with van der Waals surface area (Å²) >= 11 is 0. The van der Waals surface area contributed by atoms with E-state index in [0.29, 0.717) is 0 Å². The Labute approximate surface area is 145 Å². The molecule has 0 unspecified atom stereocenters. The van der Waals surface area contributed by atoms with E-state index in [-0.39, 0.29) is 0 Å². The molecule has 2 aliphatic rings. The summed E-state index contributed by atoms with van der Waals surface area (Å²) in [5, 5.41) is 3.63. The number of aryl methyl sites for hydroxylation is 1. The monoisotopic (exact) mass is 321 g/mol. The molecule has 1 aromatic carbocycles. The summed E-state index contributed by atoms with van der Waals surface area (Å²) in [6, 6.07) is 6.72. The number of aliphatic imine (C=N–C) groups is 1. The molecule has 0 aromatic heterocycles. The molecule has 1 aliphatic carbocycles. The van der Waals surface area contributed by atoms with E-state index in [1.165, 1.54) is 42.5 Å². The zero-order chi connectivity index (χ0) is 17.1. The van der Waals surface area contributed by atoms with E-state index in [1.54, 1.807) is 6.20 Å². The topological polar surface area (TPSA) is 27.6 Å². The normalized spacial score (nSPS) is 21.1. The van der Waals surface area contributed by atoms with Gasteiger partial charge in [0.2, 0.25) is 0 Å². The summed E-state index contributed by atoms with van der Waals surface area (Å²) in [4.78, 5) is 6.48. The quantitative estimate of drug-likeness (QED) is 0.824. The molecule has 0 bridgehead atoms.